The van der Waals surface area contributed by atoms with Gasteiger partial charge in [-0.15, -0.1) is 11.3 Å². The maximum atomic E-state index is 11.7. The van der Waals surface area contributed by atoms with Gasteiger partial charge in [0.25, 0.3) is 5.56 Å². The standard InChI is InChI=1S/C14H6BrClN2O2S/c15-12-9(6-1-3-7(16)4-2-6)10-11(19)8(5-17)13(20)18-14(10)21-12/h1-4H,(H2,18,19,20). The van der Waals surface area contributed by atoms with Crippen LogP contribution in [-0.4, -0.2) is 10.1 Å². The number of nitrogens with one attached hydrogen (secondary N) is 1. The van der Waals surface area contributed by atoms with Crippen LogP contribution in [0.25, 0.3) is 21.3 Å². The summed E-state index contributed by atoms with van der Waals surface area (Å²) in [6.07, 6.45) is 0. The van der Waals surface area contributed by atoms with Crippen LogP contribution < -0.4 is 5.56 Å². The minimum atomic E-state index is -0.598. The Kier molecular flexibility index (Phi) is 3.49. The highest BCUT2D eigenvalue weighted by Crippen LogP contribution is 2.45. The van der Waals surface area contributed by atoms with E-state index in [0.29, 0.717) is 15.2 Å². The molecule has 3 aromatic rings. The number of thiophene rings is 1. The van der Waals surface area contributed by atoms with Gasteiger partial charge in [-0.3, -0.25) is 4.79 Å². The van der Waals surface area contributed by atoms with Crippen LogP contribution in [0, 0.1) is 11.3 Å². The van der Waals surface area contributed by atoms with Crippen molar-refractivity contribution in [2.45, 2.75) is 0 Å². The number of hydrogen-bond donors (Lipinski definition) is 2. The Morgan fingerprint density at radius 1 is 1.33 bits per heavy atom. The third kappa shape index (κ3) is 2.23. The van der Waals surface area contributed by atoms with Crippen molar-refractivity contribution in [3.8, 4) is 22.9 Å². The molecule has 2 heterocycles. The molecular weight excluding hydrogens is 376 g/mol. The molecule has 0 atom stereocenters. The molecule has 0 aliphatic carbocycles. The fraction of sp³-hybridized carbons (Fsp3) is 0. The SMILES string of the molecule is N#Cc1c(O)c2c(-c3ccc(Cl)cc3)c(Br)sc2[nH]c1=O. The Morgan fingerprint density at radius 2 is 2.00 bits per heavy atom. The molecule has 0 radical (unpaired) electrons. The first-order chi connectivity index (χ1) is 10.0. The third-order valence-corrected chi connectivity index (χ3v) is 5.07. The van der Waals surface area contributed by atoms with Crippen molar-refractivity contribution in [3.05, 3.63) is 49.0 Å². The Balaban J connectivity index is 2.43. The van der Waals surface area contributed by atoms with Crippen molar-refractivity contribution in [2.24, 2.45) is 0 Å². The highest BCUT2D eigenvalue weighted by atomic mass is 79.9. The molecule has 0 bridgehead atoms. The van der Waals surface area contributed by atoms with E-state index in [0.717, 1.165) is 14.9 Å². The zero-order chi connectivity index (χ0) is 15.1. The van der Waals surface area contributed by atoms with Crippen molar-refractivity contribution in [2.75, 3.05) is 0 Å². The molecule has 0 spiro atoms. The summed E-state index contributed by atoms with van der Waals surface area (Å²) in [5, 5.41) is 20.3. The molecule has 0 aliphatic rings. The van der Waals surface area contributed by atoms with Gasteiger partial charge in [-0.05, 0) is 33.6 Å². The van der Waals surface area contributed by atoms with Gasteiger partial charge >= 0.3 is 0 Å². The molecule has 0 fully saturated rings. The Labute approximate surface area is 136 Å². The fourth-order valence-corrected chi connectivity index (χ4v) is 4.08. The van der Waals surface area contributed by atoms with E-state index in [1.807, 2.05) is 12.1 Å². The monoisotopic (exact) mass is 380 g/mol. The minimum Gasteiger partial charge on any atom is -0.506 e. The molecule has 0 saturated heterocycles. The molecule has 7 heteroatoms. The first kappa shape index (κ1) is 14.1. The van der Waals surface area contributed by atoms with E-state index < -0.39 is 5.56 Å². The van der Waals surface area contributed by atoms with Gasteiger partial charge in [0.05, 0.1) is 9.17 Å². The summed E-state index contributed by atoms with van der Waals surface area (Å²) in [6.45, 7) is 0. The van der Waals surface area contributed by atoms with E-state index in [1.54, 1.807) is 18.2 Å². The zero-order valence-electron chi connectivity index (χ0n) is 10.3. The van der Waals surface area contributed by atoms with Crippen molar-refractivity contribution >= 4 is 49.1 Å². The molecule has 2 N–H and O–H groups in total. The lowest BCUT2D eigenvalue weighted by Crippen LogP contribution is -2.09. The average Bonchev–Trinajstić information content (AvgIpc) is 2.76. The number of benzene rings is 1. The number of fused-ring (bicyclic) bond motifs is 1. The summed E-state index contributed by atoms with van der Waals surface area (Å²) in [7, 11) is 0. The smallest absolute Gasteiger partial charge is 0.270 e. The summed E-state index contributed by atoms with van der Waals surface area (Å²) >= 11 is 10.6. The second-order valence-corrected chi connectivity index (χ2v) is 7.03. The number of aromatic amines is 1. The van der Waals surface area contributed by atoms with Gasteiger partial charge in [-0.25, -0.2) is 0 Å². The van der Waals surface area contributed by atoms with E-state index in [-0.39, 0.29) is 11.3 Å². The second kappa shape index (κ2) is 5.19. The number of aromatic nitrogens is 1. The number of halogens is 2. The summed E-state index contributed by atoms with van der Waals surface area (Å²) in [5.41, 5.74) is 0.655. The average molecular weight is 382 g/mol. The molecule has 3 rings (SSSR count). The predicted molar refractivity (Wildman–Crippen MR) is 87.0 cm³/mol. The van der Waals surface area contributed by atoms with Crippen molar-refractivity contribution in [1.29, 1.82) is 5.26 Å². The van der Waals surface area contributed by atoms with Crippen molar-refractivity contribution < 1.29 is 5.11 Å². The predicted octanol–water partition coefficient (Wildman–Crippen LogP) is 4.25. The molecule has 2 aromatic heterocycles. The highest BCUT2D eigenvalue weighted by molar-refractivity contribution is 9.11. The van der Waals surface area contributed by atoms with Gasteiger partial charge < -0.3 is 10.1 Å². The van der Waals surface area contributed by atoms with Gasteiger partial charge in [-0.2, -0.15) is 5.26 Å². The molecule has 0 saturated carbocycles. The molecule has 21 heavy (non-hydrogen) atoms. The van der Waals surface area contributed by atoms with E-state index in [4.69, 9.17) is 16.9 Å². The molecule has 4 nitrogen and oxygen atoms in total. The maximum absolute atomic E-state index is 11.7. The largest absolute Gasteiger partial charge is 0.506 e. The minimum absolute atomic E-state index is 0.289. The quantitative estimate of drug-likeness (QED) is 0.661. The lowest BCUT2D eigenvalue weighted by Gasteiger charge is -2.04. The third-order valence-electron chi connectivity index (χ3n) is 3.04. The number of nitrogens with zero attached hydrogens (tertiary/aromatic N) is 1. The summed E-state index contributed by atoms with van der Waals surface area (Å²) in [5.74, 6) is -0.303. The van der Waals surface area contributed by atoms with Gasteiger partial charge in [0.1, 0.15) is 16.6 Å². The Bertz CT molecular complexity index is 954. The van der Waals surface area contributed by atoms with Gasteiger partial charge in [0.2, 0.25) is 0 Å². The van der Waals surface area contributed by atoms with Crippen LogP contribution in [0.15, 0.2) is 32.8 Å². The van der Waals surface area contributed by atoms with Crippen LogP contribution in [0.1, 0.15) is 5.56 Å². The molecule has 0 aliphatic heterocycles. The van der Waals surface area contributed by atoms with Crippen LogP contribution in [0.2, 0.25) is 5.02 Å². The summed E-state index contributed by atoms with van der Waals surface area (Å²) in [4.78, 5) is 14.8. The molecule has 1 aromatic carbocycles. The number of H-pyrrole nitrogens is 1. The van der Waals surface area contributed by atoms with E-state index in [1.165, 1.54) is 11.3 Å². The normalized spacial score (nSPS) is 10.7. The van der Waals surface area contributed by atoms with Crippen LogP contribution in [0.3, 0.4) is 0 Å². The lowest BCUT2D eigenvalue weighted by molar-refractivity contribution is 0.479. The summed E-state index contributed by atoms with van der Waals surface area (Å²) in [6, 6.07) is 8.82. The van der Waals surface area contributed by atoms with Crippen LogP contribution >= 0.6 is 38.9 Å². The van der Waals surface area contributed by atoms with Gasteiger partial charge in [0, 0.05) is 10.6 Å². The molecule has 0 unspecified atom stereocenters. The molecule has 0 amide bonds. The first-order valence-corrected chi connectivity index (χ1v) is 7.75. The van der Waals surface area contributed by atoms with E-state index >= 15 is 0 Å². The van der Waals surface area contributed by atoms with E-state index in [2.05, 4.69) is 20.9 Å². The Hall–Kier alpha value is -1.81. The first-order valence-electron chi connectivity index (χ1n) is 5.76. The van der Waals surface area contributed by atoms with Gasteiger partial charge in [0.15, 0.2) is 5.56 Å². The summed E-state index contributed by atoms with van der Waals surface area (Å²) < 4.78 is 0.751. The Morgan fingerprint density at radius 3 is 2.62 bits per heavy atom. The topological polar surface area (TPSA) is 76.9 Å². The van der Waals surface area contributed by atoms with Crippen molar-refractivity contribution in [1.82, 2.24) is 4.98 Å². The number of hydrogen-bond acceptors (Lipinski definition) is 4. The van der Waals surface area contributed by atoms with Gasteiger partial charge in [-0.1, -0.05) is 23.7 Å². The molecular formula is C14H6BrClN2O2S. The maximum Gasteiger partial charge on any atom is 0.270 e. The second-order valence-electron chi connectivity index (χ2n) is 4.25. The molecule has 104 valence electrons. The van der Waals surface area contributed by atoms with Crippen LogP contribution in [0.5, 0.6) is 5.75 Å². The number of pyridine rings is 1. The fourth-order valence-electron chi connectivity index (χ4n) is 2.09. The van der Waals surface area contributed by atoms with Crippen LogP contribution in [0.4, 0.5) is 0 Å². The number of aromatic hydroxyl groups is 1. The zero-order valence-corrected chi connectivity index (χ0v) is 13.4. The van der Waals surface area contributed by atoms with Crippen molar-refractivity contribution in [3.63, 3.8) is 0 Å². The number of rotatable bonds is 1. The van der Waals surface area contributed by atoms with E-state index in [9.17, 15) is 9.90 Å². The highest BCUT2D eigenvalue weighted by Gasteiger charge is 2.20. The number of nitriles is 1. The lowest BCUT2D eigenvalue weighted by atomic mass is 10.0. The van der Waals surface area contributed by atoms with Crippen LogP contribution in [-0.2, 0) is 0 Å².